The zero-order chi connectivity index (χ0) is 9.90. The zero-order valence-corrected chi connectivity index (χ0v) is 8.08. The van der Waals surface area contributed by atoms with E-state index in [2.05, 4.69) is 4.98 Å². The van der Waals surface area contributed by atoms with Crippen molar-refractivity contribution in [1.82, 2.24) is 4.98 Å². The Balaban J connectivity index is 3.20. The molecule has 0 saturated heterocycles. The highest BCUT2D eigenvalue weighted by molar-refractivity contribution is 7.85. The van der Waals surface area contributed by atoms with Gasteiger partial charge in [-0.1, -0.05) is 13.3 Å². The van der Waals surface area contributed by atoms with Crippen molar-refractivity contribution >= 4 is 10.1 Å². The van der Waals surface area contributed by atoms with Crippen LogP contribution in [0.15, 0.2) is 23.4 Å². The molecule has 1 N–H and O–H groups in total. The highest BCUT2D eigenvalue weighted by Gasteiger charge is 2.13. The average Bonchev–Trinajstić information content (AvgIpc) is 2.04. The molecule has 4 nitrogen and oxygen atoms in total. The van der Waals surface area contributed by atoms with Crippen molar-refractivity contribution in [2.75, 3.05) is 0 Å². The summed E-state index contributed by atoms with van der Waals surface area (Å²) in [6.45, 7) is 1.93. The topological polar surface area (TPSA) is 67.3 Å². The second-order valence-corrected chi connectivity index (χ2v) is 4.10. The van der Waals surface area contributed by atoms with Crippen LogP contribution in [0.3, 0.4) is 0 Å². The fourth-order valence-corrected chi connectivity index (χ4v) is 1.84. The van der Waals surface area contributed by atoms with E-state index in [9.17, 15) is 8.42 Å². The van der Waals surface area contributed by atoms with Crippen molar-refractivity contribution in [2.45, 2.75) is 24.7 Å². The molecule has 0 bridgehead atoms. The molecule has 0 saturated carbocycles. The summed E-state index contributed by atoms with van der Waals surface area (Å²) in [5, 5.41) is 0. The fraction of sp³-hybridized carbons (Fsp3) is 0.375. The van der Waals surface area contributed by atoms with Crippen LogP contribution in [0.4, 0.5) is 0 Å². The number of aromatic nitrogens is 1. The first-order chi connectivity index (χ1) is 6.05. The van der Waals surface area contributed by atoms with Crippen LogP contribution in [0.2, 0.25) is 0 Å². The van der Waals surface area contributed by atoms with E-state index < -0.39 is 10.1 Å². The lowest BCUT2D eigenvalue weighted by molar-refractivity contribution is 0.482. The SMILES string of the molecule is CCCc1cnccc1S(=O)(=O)O. The minimum atomic E-state index is -4.10. The predicted molar refractivity (Wildman–Crippen MR) is 48.0 cm³/mol. The molecule has 0 aliphatic carbocycles. The van der Waals surface area contributed by atoms with Crippen molar-refractivity contribution in [3.63, 3.8) is 0 Å². The third-order valence-electron chi connectivity index (χ3n) is 1.66. The molecule has 13 heavy (non-hydrogen) atoms. The highest BCUT2D eigenvalue weighted by atomic mass is 32.2. The Kier molecular flexibility index (Phi) is 3.00. The Labute approximate surface area is 77.4 Å². The molecular formula is C8H11NO3S. The van der Waals surface area contributed by atoms with Gasteiger partial charge in [-0.2, -0.15) is 8.42 Å². The average molecular weight is 201 g/mol. The number of hydrogen-bond acceptors (Lipinski definition) is 3. The van der Waals surface area contributed by atoms with E-state index in [4.69, 9.17) is 4.55 Å². The molecule has 0 aliphatic rings. The Morgan fingerprint density at radius 1 is 1.54 bits per heavy atom. The highest BCUT2D eigenvalue weighted by Crippen LogP contribution is 2.14. The van der Waals surface area contributed by atoms with Crippen LogP contribution >= 0.6 is 0 Å². The molecule has 0 amide bonds. The van der Waals surface area contributed by atoms with Crippen molar-refractivity contribution < 1.29 is 13.0 Å². The van der Waals surface area contributed by atoms with Crippen LogP contribution in [0, 0.1) is 0 Å². The summed E-state index contributed by atoms with van der Waals surface area (Å²) in [5.41, 5.74) is 0.563. The Morgan fingerprint density at radius 3 is 2.77 bits per heavy atom. The van der Waals surface area contributed by atoms with E-state index in [0.717, 1.165) is 6.42 Å². The van der Waals surface area contributed by atoms with Gasteiger partial charge in [0.1, 0.15) is 4.90 Å². The number of pyridine rings is 1. The number of aryl methyl sites for hydroxylation is 1. The fourth-order valence-electron chi connectivity index (χ4n) is 1.12. The summed E-state index contributed by atoms with van der Waals surface area (Å²) in [4.78, 5) is 3.76. The molecule has 0 fully saturated rings. The van der Waals surface area contributed by atoms with Gasteiger partial charge in [0.15, 0.2) is 0 Å². The molecule has 0 aromatic carbocycles. The molecule has 72 valence electrons. The lowest BCUT2D eigenvalue weighted by Gasteiger charge is -2.03. The smallest absolute Gasteiger partial charge is 0.282 e. The largest absolute Gasteiger partial charge is 0.294 e. The van der Waals surface area contributed by atoms with Crippen LogP contribution in [0.25, 0.3) is 0 Å². The Morgan fingerprint density at radius 2 is 2.23 bits per heavy atom. The van der Waals surface area contributed by atoms with E-state index in [1.165, 1.54) is 18.5 Å². The molecular weight excluding hydrogens is 190 g/mol. The van der Waals surface area contributed by atoms with Gasteiger partial charge in [-0.15, -0.1) is 0 Å². The molecule has 1 rings (SSSR count). The second-order valence-electron chi connectivity index (χ2n) is 2.71. The van der Waals surface area contributed by atoms with Crippen molar-refractivity contribution in [1.29, 1.82) is 0 Å². The molecule has 0 atom stereocenters. The first-order valence-corrected chi connectivity index (χ1v) is 5.40. The molecule has 1 aromatic heterocycles. The van der Waals surface area contributed by atoms with Gasteiger partial charge in [0.05, 0.1) is 0 Å². The van der Waals surface area contributed by atoms with Gasteiger partial charge in [-0.05, 0) is 18.1 Å². The minimum absolute atomic E-state index is 0.0376. The quantitative estimate of drug-likeness (QED) is 0.748. The monoisotopic (exact) mass is 201 g/mol. The van der Waals surface area contributed by atoms with Crippen molar-refractivity contribution in [3.8, 4) is 0 Å². The van der Waals surface area contributed by atoms with Gasteiger partial charge in [0.25, 0.3) is 10.1 Å². The van der Waals surface area contributed by atoms with Crippen molar-refractivity contribution in [3.05, 3.63) is 24.0 Å². The van der Waals surface area contributed by atoms with Crippen LogP contribution < -0.4 is 0 Å². The molecule has 0 radical (unpaired) electrons. The second kappa shape index (κ2) is 3.85. The van der Waals surface area contributed by atoms with E-state index in [0.29, 0.717) is 12.0 Å². The maximum absolute atomic E-state index is 10.9. The number of nitrogens with zero attached hydrogens (tertiary/aromatic N) is 1. The summed E-state index contributed by atoms with van der Waals surface area (Å²) in [6, 6.07) is 1.31. The van der Waals surface area contributed by atoms with E-state index in [1.54, 1.807) is 0 Å². The van der Waals surface area contributed by atoms with E-state index in [-0.39, 0.29) is 4.90 Å². The van der Waals surface area contributed by atoms with Gasteiger partial charge in [0, 0.05) is 12.4 Å². The standard InChI is InChI=1S/C8H11NO3S/c1-2-3-7-6-9-5-4-8(7)13(10,11)12/h4-6H,2-3H2,1H3,(H,10,11,12). The summed E-state index contributed by atoms with van der Waals surface area (Å²) >= 11 is 0. The minimum Gasteiger partial charge on any atom is -0.282 e. The van der Waals surface area contributed by atoms with E-state index >= 15 is 0 Å². The normalized spacial score (nSPS) is 11.5. The first kappa shape index (κ1) is 10.1. The number of hydrogen-bond donors (Lipinski definition) is 1. The Hall–Kier alpha value is -0.940. The van der Waals surface area contributed by atoms with Crippen LogP contribution in [0.1, 0.15) is 18.9 Å². The van der Waals surface area contributed by atoms with Gasteiger partial charge < -0.3 is 0 Å². The van der Waals surface area contributed by atoms with E-state index in [1.807, 2.05) is 6.92 Å². The number of rotatable bonds is 3. The lowest BCUT2D eigenvalue weighted by Crippen LogP contribution is -2.03. The van der Waals surface area contributed by atoms with Gasteiger partial charge >= 0.3 is 0 Å². The molecule has 1 heterocycles. The van der Waals surface area contributed by atoms with Gasteiger partial charge in [-0.3, -0.25) is 9.54 Å². The Bertz CT molecular complexity index is 386. The summed E-state index contributed by atoms with van der Waals surface area (Å²) < 4.78 is 30.6. The molecule has 0 unspecified atom stereocenters. The van der Waals surface area contributed by atoms with Crippen LogP contribution in [-0.4, -0.2) is 18.0 Å². The zero-order valence-electron chi connectivity index (χ0n) is 7.27. The summed E-state index contributed by atoms with van der Waals surface area (Å²) in [6.07, 6.45) is 4.23. The van der Waals surface area contributed by atoms with Crippen LogP contribution in [-0.2, 0) is 16.5 Å². The van der Waals surface area contributed by atoms with Gasteiger partial charge in [0.2, 0.25) is 0 Å². The third kappa shape index (κ3) is 2.50. The molecule has 0 spiro atoms. The van der Waals surface area contributed by atoms with Crippen molar-refractivity contribution in [2.24, 2.45) is 0 Å². The molecule has 0 aliphatic heterocycles. The third-order valence-corrected chi connectivity index (χ3v) is 2.61. The summed E-state index contributed by atoms with van der Waals surface area (Å²) in [7, 11) is -4.10. The summed E-state index contributed by atoms with van der Waals surface area (Å²) in [5.74, 6) is 0. The first-order valence-electron chi connectivity index (χ1n) is 3.96. The lowest BCUT2D eigenvalue weighted by atomic mass is 10.2. The maximum Gasteiger partial charge on any atom is 0.294 e. The molecule has 5 heteroatoms. The van der Waals surface area contributed by atoms with Gasteiger partial charge in [-0.25, -0.2) is 0 Å². The molecule has 1 aromatic rings. The maximum atomic E-state index is 10.9. The van der Waals surface area contributed by atoms with Crippen LogP contribution in [0.5, 0.6) is 0 Å². The predicted octanol–water partition coefficient (Wildman–Crippen LogP) is 1.28.